The fourth-order valence-corrected chi connectivity index (χ4v) is 2.65. The summed E-state index contributed by atoms with van der Waals surface area (Å²) in [5, 5.41) is 0. The number of hydrogen-bond donors (Lipinski definition) is 1. The molecule has 0 aromatic rings. The van der Waals surface area contributed by atoms with E-state index in [-0.39, 0.29) is 10.8 Å². The molecule has 2 heteroatoms. The van der Waals surface area contributed by atoms with Crippen LogP contribution in [0.25, 0.3) is 0 Å². The molecular weight excluding hydrogens is 142 g/mol. The van der Waals surface area contributed by atoms with Crippen LogP contribution in [0.2, 0.25) is 0 Å². The second-order valence-electron chi connectivity index (χ2n) is 3.03. The van der Waals surface area contributed by atoms with Crippen LogP contribution in [0.1, 0.15) is 19.8 Å². The van der Waals surface area contributed by atoms with Crippen LogP contribution in [0.3, 0.4) is 0 Å². The van der Waals surface area contributed by atoms with E-state index in [2.05, 4.69) is 13.5 Å². The zero-order chi connectivity index (χ0) is 7.61. The Morgan fingerprint density at radius 2 is 2.50 bits per heavy atom. The van der Waals surface area contributed by atoms with Gasteiger partial charge in [0.25, 0.3) is 0 Å². The van der Waals surface area contributed by atoms with E-state index < -0.39 is 0 Å². The van der Waals surface area contributed by atoms with Crippen molar-refractivity contribution in [2.45, 2.75) is 30.6 Å². The maximum atomic E-state index is 5.87. The van der Waals surface area contributed by atoms with Crippen LogP contribution in [-0.4, -0.2) is 16.5 Å². The minimum atomic E-state index is 0.167. The Morgan fingerprint density at radius 1 is 1.80 bits per heavy atom. The van der Waals surface area contributed by atoms with Gasteiger partial charge in [-0.2, -0.15) is 11.8 Å². The lowest BCUT2D eigenvalue weighted by atomic mass is 9.97. The summed E-state index contributed by atoms with van der Waals surface area (Å²) in [7, 11) is 0. The van der Waals surface area contributed by atoms with Gasteiger partial charge in [0.05, 0.1) is 0 Å². The first-order chi connectivity index (χ1) is 4.69. The molecule has 2 N–H and O–H groups in total. The van der Waals surface area contributed by atoms with Gasteiger partial charge in [-0.1, -0.05) is 6.08 Å². The molecule has 2 atom stereocenters. The van der Waals surface area contributed by atoms with Crippen molar-refractivity contribution < 1.29 is 0 Å². The van der Waals surface area contributed by atoms with E-state index in [0.717, 1.165) is 0 Å². The Kier molecular flexibility index (Phi) is 2.42. The molecule has 1 nitrogen and oxygen atoms in total. The molecule has 10 heavy (non-hydrogen) atoms. The third-order valence-electron chi connectivity index (χ3n) is 2.21. The van der Waals surface area contributed by atoms with Gasteiger partial charge in [-0.25, -0.2) is 0 Å². The highest BCUT2D eigenvalue weighted by Crippen LogP contribution is 2.39. The van der Waals surface area contributed by atoms with Crippen LogP contribution in [0.5, 0.6) is 0 Å². The van der Waals surface area contributed by atoms with Gasteiger partial charge in [0, 0.05) is 10.8 Å². The molecule has 0 aromatic heterocycles. The van der Waals surface area contributed by atoms with Crippen molar-refractivity contribution in [3.05, 3.63) is 12.7 Å². The van der Waals surface area contributed by atoms with Crippen molar-refractivity contribution >= 4 is 11.8 Å². The molecular formula is C8H15NS. The average molecular weight is 157 g/mol. The van der Waals surface area contributed by atoms with Crippen molar-refractivity contribution in [2.75, 3.05) is 5.75 Å². The molecule has 0 amide bonds. The predicted octanol–water partition coefficient (Wildman–Crippen LogP) is 1.79. The van der Waals surface area contributed by atoms with Gasteiger partial charge in [0.1, 0.15) is 0 Å². The van der Waals surface area contributed by atoms with Gasteiger partial charge in [-0.3, -0.25) is 0 Å². The molecule has 0 radical (unpaired) electrons. The smallest absolute Gasteiger partial charge is 0.0368 e. The summed E-state index contributed by atoms with van der Waals surface area (Å²) in [6, 6.07) is 0.167. The molecule has 0 spiro atoms. The van der Waals surface area contributed by atoms with E-state index in [1.807, 2.05) is 17.8 Å². The summed E-state index contributed by atoms with van der Waals surface area (Å²) >= 11 is 1.98. The Bertz CT molecular complexity index is 127. The average Bonchev–Trinajstić information content (AvgIpc) is 2.36. The standard InChI is InChI=1S/C8H15NS/c1-3-7(9)8(2)5-4-6-10-8/h3,7H,1,4-6,9H2,2H3. The van der Waals surface area contributed by atoms with E-state index in [1.54, 1.807) is 0 Å². The Balaban J connectivity index is 2.57. The summed E-state index contributed by atoms with van der Waals surface area (Å²) < 4.78 is 0.280. The highest BCUT2D eigenvalue weighted by atomic mass is 32.2. The molecule has 1 fully saturated rings. The summed E-state index contributed by atoms with van der Waals surface area (Å²) in [6.07, 6.45) is 4.41. The number of rotatable bonds is 2. The molecule has 2 unspecified atom stereocenters. The van der Waals surface area contributed by atoms with Crippen molar-refractivity contribution in [1.82, 2.24) is 0 Å². The molecule has 1 rings (SSSR count). The Morgan fingerprint density at radius 3 is 2.90 bits per heavy atom. The van der Waals surface area contributed by atoms with Gasteiger partial charge >= 0.3 is 0 Å². The van der Waals surface area contributed by atoms with E-state index in [1.165, 1.54) is 18.6 Å². The number of hydrogen-bond acceptors (Lipinski definition) is 2. The quantitative estimate of drug-likeness (QED) is 0.618. The summed E-state index contributed by atoms with van der Waals surface area (Å²) in [5.74, 6) is 1.26. The minimum Gasteiger partial charge on any atom is -0.323 e. The number of thioether (sulfide) groups is 1. The topological polar surface area (TPSA) is 26.0 Å². The first-order valence-electron chi connectivity index (χ1n) is 3.71. The minimum absolute atomic E-state index is 0.167. The molecule has 0 bridgehead atoms. The first kappa shape index (κ1) is 8.15. The lowest BCUT2D eigenvalue weighted by molar-refractivity contribution is 0.549. The fourth-order valence-electron chi connectivity index (χ4n) is 1.31. The van der Waals surface area contributed by atoms with E-state index in [4.69, 9.17) is 5.73 Å². The van der Waals surface area contributed by atoms with E-state index in [9.17, 15) is 0 Å². The van der Waals surface area contributed by atoms with Crippen LogP contribution < -0.4 is 5.73 Å². The molecule has 58 valence electrons. The molecule has 1 aliphatic heterocycles. The second-order valence-corrected chi connectivity index (χ2v) is 4.66. The van der Waals surface area contributed by atoms with Crippen molar-refractivity contribution in [2.24, 2.45) is 5.73 Å². The Labute approximate surface area is 67.1 Å². The first-order valence-corrected chi connectivity index (χ1v) is 4.70. The van der Waals surface area contributed by atoms with E-state index >= 15 is 0 Å². The highest BCUT2D eigenvalue weighted by Gasteiger charge is 2.33. The summed E-state index contributed by atoms with van der Waals surface area (Å²) in [6.45, 7) is 5.95. The third kappa shape index (κ3) is 1.38. The molecule has 1 aliphatic rings. The zero-order valence-electron chi connectivity index (χ0n) is 6.47. The predicted molar refractivity (Wildman–Crippen MR) is 48.3 cm³/mol. The van der Waals surface area contributed by atoms with Crippen molar-refractivity contribution in [1.29, 1.82) is 0 Å². The van der Waals surface area contributed by atoms with E-state index in [0.29, 0.717) is 0 Å². The fraction of sp³-hybridized carbons (Fsp3) is 0.750. The molecule has 1 heterocycles. The van der Waals surface area contributed by atoms with Gasteiger partial charge < -0.3 is 5.73 Å². The normalized spacial score (nSPS) is 35.8. The summed E-state index contributed by atoms with van der Waals surface area (Å²) in [4.78, 5) is 0. The number of nitrogens with two attached hydrogens (primary N) is 1. The highest BCUT2D eigenvalue weighted by molar-refractivity contribution is 8.00. The lowest BCUT2D eigenvalue weighted by Gasteiger charge is -2.27. The zero-order valence-corrected chi connectivity index (χ0v) is 7.29. The molecule has 0 saturated carbocycles. The Hall–Kier alpha value is 0.0500. The monoisotopic (exact) mass is 157 g/mol. The summed E-state index contributed by atoms with van der Waals surface area (Å²) in [5.41, 5.74) is 5.87. The molecule has 0 aliphatic carbocycles. The van der Waals surface area contributed by atoms with Crippen LogP contribution in [0.4, 0.5) is 0 Å². The van der Waals surface area contributed by atoms with Crippen LogP contribution in [0.15, 0.2) is 12.7 Å². The van der Waals surface area contributed by atoms with Crippen LogP contribution in [0, 0.1) is 0 Å². The van der Waals surface area contributed by atoms with Gasteiger partial charge in [-0.05, 0) is 25.5 Å². The van der Waals surface area contributed by atoms with Gasteiger partial charge in [-0.15, -0.1) is 6.58 Å². The molecule has 1 saturated heterocycles. The van der Waals surface area contributed by atoms with Gasteiger partial charge in [0.15, 0.2) is 0 Å². The van der Waals surface area contributed by atoms with Crippen LogP contribution >= 0.6 is 11.8 Å². The molecule has 0 aromatic carbocycles. The van der Waals surface area contributed by atoms with Crippen molar-refractivity contribution in [3.8, 4) is 0 Å². The lowest BCUT2D eigenvalue weighted by Crippen LogP contribution is -2.39. The van der Waals surface area contributed by atoms with Gasteiger partial charge in [0.2, 0.25) is 0 Å². The third-order valence-corrected chi connectivity index (χ3v) is 3.84. The maximum absolute atomic E-state index is 5.87. The van der Waals surface area contributed by atoms with Crippen LogP contribution in [-0.2, 0) is 0 Å². The second kappa shape index (κ2) is 2.97. The largest absolute Gasteiger partial charge is 0.323 e. The maximum Gasteiger partial charge on any atom is 0.0368 e. The van der Waals surface area contributed by atoms with Crippen molar-refractivity contribution in [3.63, 3.8) is 0 Å². The SMILES string of the molecule is C=CC(N)C1(C)CCCS1.